The first-order valence-corrected chi connectivity index (χ1v) is 10.4. The molecule has 0 unspecified atom stereocenters. The van der Waals surface area contributed by atoms with Crippen molar-refractivity contribution < 1.29 is 13.2 Å². The molecule has 1 aliphatic rings. The minimum Gasteiger partial charge on any atom is -0.349 e. The molecule has 0 aromatic rings. The van der Waals surface area contributed by atoms with E-state index < -0.39 is 10.0 Å². The standard InChI is InChI=1S/C16H33N3O3S.ClH/c1-4-7-12-23(21,22)19-10-8-14(9-11-19)15(20)18-16(5-2,6-3)13-17;/h14H,4-13,17H2,1-3H3,(H,18,20);1H. The van der Waals surface area contributed by atoms with Crippen LogP contribution in [0, 0.1) is 5.92 Å². The monoisotopic (exact) mass is 383 g/mol. The Balaban J connectivity index is 0.00000529. The lowest BCUT2D eigenvalue weighted by molar-refractivity contribution is -0.128. The highest BCUT2D eigenvalue weighted by atomic mass is 35.5. The van der Waals surface area contributed by atoms with Gasteiger partial charge in [-0.25, -0.2) is 12.7 Å². The van der Waals surface area contributed by atoms with Crippen molar-refractivity contribution in [2.24, 2.45) is 11.7 Å². The molecule has 6 nitrogen and oxygen atoms in total. The van der Waals surface area contributed by atoms with Gasteiger partial charge in [0.25, 0.3) is 0 Å². The molecule has 24 heavy (non-hydrogen) atoms. The summed E-state index contributed by atoms with van der Waals surface area (Å²) in [4.78, 5) is 12.5. The number of halogens is 1. The number of nitrogens with zero attached hydrogens (tertiary/aromatic N) is 1. The number of sulfonamides is 1. The van der Waals surface area contributed by atoms with Crippen LogP contribution in [-0.4, -0.2) is 49.6 Å². The van der Waals surface area contributed by atoms with Crippen molar-refractivity contribution in [3.63, 3.8) is 0 Å². The summed E-state index contributed by atoms with van der Waals surface area (Å²) in [6.07, 6.45) is 4.34. The van der Waals surface area contributed by atoms with Crippen LogP contribution >= 0.6 is 12.4 Å². The number of hydrogen-bond donors (Lipinski definition) is 2. The molecule has 8 heteroatoms. The number of carbonyl (C=O) groups is 1. The molecule has 1 amide bonds. The number of hydrogen-bond acceptors (Lipinski definition) is 4. The van der Waals surface area contributed by atoms with Gasteiger partial charge in [0.15, 0.2) is 0 Å². The summed E-state index contributed by atoms with van der Waals surface area (Å²) >= 11 is 0. The number of carbonyl (C=O) groups excluding carboxylic acids is 1. The summed E-state index contributed by atoms with van der Waals surface area (Å²) in [5.41, 5.74) is 5.50. The Kier molecular flexibility index (Phi) is 10.4. The maximum Gasteiger partial charge on any atom is 0.223 e. The van der Waals surface area contributed by atoms with Crippen LogP contribution in [0.2, 0.25) is 0 Å². The quantitative estimate of drug-likeness (QED) is 0.635. The van der Waals surface area contributed by atoms with Crippen LogP contribution in [0.3, 0.4) is 0 Å². The van der Waals surface area contributed by atoms with Crippen LogP contribution in [0.4, 0.5) is 0 Å². The fourth-order valence-electron chi connectivity index (χ4n) is 2.98. The Hall–Kier alpha value is -0.370. The van der Waals surface area contributed by atoms with E-state index in [1.807, 2.05) is 20.8 Å². The molecule has 0 aliphatic carbocycles. The van der Waals surface area contributed by atoms with Crippen LogP contribution in [0.5, 0.6) is 0 Å². The first-order chi connectivity index (χ1) is 10.8. The van der Waals surface area contributed by atoms with Crippen molar-refractivity contribution in [3.05, 3.63) is 0 Å². The molecule has 1 fully saturated rings. The van der Waals surface area contributed by atoms with E-state index in [-0.39, 0.29) is 35.5 Å². The van der Waals surface area contributed by atoms with E-state index in [0.29, 0.717) is 38.9 Å². The molecule has 1 rings (SSSR count). The highest BCUT2D eigenvalue weighted by Gasteiger charge is 2.34. The molecule has 0 saturated carbocycles. The van der Waals surface area contributed by atoms with Crippen LogP contribution in [0.25, 0.3) is 0 Å². The van der Waals surface area contributed by atoms with E-state index >= 15 is 0 Å². The van der Waals surface area contributed by atoms with Gasteiger partial charge in [0.05, 0.1) is 11.3 Å². The van der Waals surface area contributed by atoms with Gasteiger partial charge in [-0.15, -0.1) is 12.4 Å². The number of piperidine rings is 1. The predicted molar refractivity (Wildman–Crippen MR) is 101 cm³/mol. The van der Waals surface area contributed by atoms with Gasteiger partial charge in [0.2, 0.25) is 15.9 Å². The fraction of sp³-hybridized carbons (Fsp3) is 0.938. The minimum absolute atomic E-state index is 0. The molecule has 0 radical (unpaired) electrons. The van der Waals surface area contributed by atoms with Gasteiger partial charge in [-0.05, 0) is 32.1 Å². The van der Waals surface area contributed by atoms with E-state index in [1.54, 1.807) is 4.31 Å². The Labute approximate surface area is 153 Å². The van der Waals surface area contributed by atoms with Crippen LogP contribution < -0.4 is 11.1 Å². The van der Waals surface area contributed by atoms with Gasteiger partial charge >= 0.3 is 0 Å². The molecule has 1 aliphatic heterocycles. The third-order valence-corrected chi connectivity index (χ3v) is 7.06. The SMILES string of the molecule is CCCCS(=O)(=O)N1CCC(C(=O)NC(CC)(CC)CN)CC1.Cl. The summed E-state index contributed by atoms with van der Waals surface area (Å²) in [6, 6.07) is 0. The first kappa shape index (κ1) is 23.6. The first-order valence-electron chi connectivity index (χ1n) is 8.84. The average Bonchev–Trinajstić information content (AvgIpc) is 2.58. The molecule has 1 heterocycles. The molecule has 1 saturated heterocycles. The van der Waals surface area contributed by atoms with Crippen molar-refractivity contribution in [2.75, 3.05) is 25.4 Å². The second-order valence-corrected chi connectivity index (χ2v) is 8.61. The zero-order chi connectivity index (χ0) is 17.5. The van der Waals surface area contributed by atoms with Crippen molar-refractivity contribution in [1.82, 2.24) is 9.62 Å². The topological polar surface area (TPSA) is 92.5 Å². The fourth-order valence-corrected chi connectivity index (χ4v) is 4.66. The van der Waals surface area contributed by atoms with E-state index in [0.717, 1.165) is 19.3 Å². The minimum atomic E-state index is -3.16. The number of rotatable bonds is 9. The van der Waals surface area contributed by atoms with Crippen molar-refractivity contribution in [3.8, 4) is 0 Å². The number of nitrogens with two attached hydrogens (primary N) is 1. The number of amides is 1. The third kappa shape index (κ3) is 6.17. The normalized spacial score (nSPS) is 17.3. The zero-order valence-electron chi connectivity index (χ0n) is 15.2. The Morgan fingerprint density at radius 2 is 1.75 bits per heavy atom. The molecule has 3 N–H and O–H groups in total. The average molecular weight is 384 g/mol. The van der Waals surface area contributed by atoms with E-state index in [2.05, 4.69) is 5.32 Å². The summed E-state index contributed by atoms with van der Waals surface area (Å²) in [5, 5.41) is 3.11. The van der Waals surface area contributed by atoms with Gasteiger partial charge in [-0.2, -0.15) is 0 Å². The third-order valence-electron chi connectivity index (χ3n) is 5.11. The van der Waals surface area contributed by atoms with E-state index in [1.165, 1.54) is 0 Å². The lowest BCUT2D eigenvalue weighted by atomic mass is 9.90. The molecule has 0 atom stereocenters. The van der Waals surface area contributed by atoms with Gasteiger partial charge in [-0.3, -0.25) is 4.79 Å². The second-order valence-electron chi connectivity index (χ2n) is 6.52. The van der Waals surface area contributed by atoms with Crippen molar-refractivity contribution in [2.45, 2.75) is 64.8 Å². The molecule has 0 aromatic carbocycles. The van der Waals surface area contributed by atoms with Gasteiger partial charge in [0, 0.05) is 25.6 Å². The Morgan fingerprint density at radius 3 is 2.17 bits per heavy atom. The summed E-state index contributed by atoms with van der Waals surface area (Å²) < 4.78 is 25.9. The largest absolute Gasteiger partial charge is 0.349 e. The van der Waals surface area contributed by atoms with E-state index in [9.17, 15) is 13.2 Å². The summed E-state index contributed by atoms with van der Waals surface area (Å²) in [5.74, 6) is 0.115. The van der Waals surface area contributed by atoms with Gasteiger partial charge in [-0.1, -0.05) is 27.2 Å². The van der Waals surface area contributed by atoms with E-state index in [4.69, 9.17) is 5.73 Å². The molecule has 0 spiro atoms. The van der Waals surface area contributed by atoms with Crippen LogP contribution in [-0.2, 0) is 14.8 Å². The summed E-state index contributed by atoms with van der Waals surface area (Å²) in [6.45, 7) is 7.35. The molecule has 0 bridgehead atoms. The number of unbranched alkanes of at least 4 members (excludes halogenated alkanes) is 1. The van der Waals surface area contributed by atoms with Crippen LogP contribution in [0.15, 0.2) is 0 Å². The lowest BCUT2D eigenvalue weighted by Gasteiger charge is -2.35. The van der Waals surface area contributed by atoms with Crippen LogP contribution in [0.1, 0.15) is 59.3 Å². The number of nitrogens with one attached hydrogen (secondary N) is 1. The lowest BCUT2D eigenvalue weighted by Crippen LogP contribution is -2.55. The molecule has 0 aromatic heterocycles. The van der Waals surface area contributed by atoms with Crippen molar-refractivity contribution >= 4 is 28.3 Å². The summed E-state index contributed by atoms with van der Waals surface area (Å²) in [7, 11) is -3.16. The maximum absolute atomic E-state index is 12.5. The molecular weight excluding hydrogens is 350 g/mol. The predicted octanol–water partition coefficient (Wildman–Crippen LogP) is 1.88. The smallest absolute Gasteiger partial charge is 0.223 e. The van der Waals surface area contributed by atoms with Gasteiger partial charge in [0.1, 0.15) is 0 Å². The molecule has 144 valence electrons. The maximum atomic E-state index is 12.5. The highest BCUT2D eigenvalue weighted by Crippen LogP contribution is 2.22. The zero-order valence-corrected chi connectivity index (χ0v) is 16.8. The Morgan fingerprint density at radius 1 is 1.21 bits per heavy atom. The Bertz CT molecular complexity index is 465. The van der Waals surface area contributed by atoms with Gasteiger partial charge < -0.3 is 11.1 Å². The second kappa shape index (κ2) is 10.6. The van der Waals surface area contributed by atoms with Crippen molar-refractivity contribution in [1.29, 1.82) is 0 Å². The highest BCUT2D eigenvalue weighted by molar-refractivity contribution is 7.89. The molecular formula is C16H34ClN3O3S.